The topological polar surface area (TPSA) is 20.3 Å². The van der Waals surface area contributed by atoms with Gasteiger partial charge in [-0.3, -0.25) is 4.79 Å². The molecule has 0 saturated heterocycles. The zero-order valence-corrected chi connectivity index (χ0v) is 11.1. The highest BCUT2D eigenvalue weighted by Crippen LogP contribution is 2.33. The van der Waals surface area contributed by atoms with E-state index in [0.29, 0.717) is 11.8 Å². The molecule has 1 aliphatic carbocycles. The third-order valence-corrected chi connectivity index (χ3v) is 3.74. The Balaban J connectivity index is 2.38. The summed E-state index contributed by atoms with van der Waals surface area (Å²) in [6, 6.07) is 0. The molecule has 0 fully saturated rings. The van der Waals surface area contributed by atoms with E-state index >= 15 is 0 Å². The summed E-state index contributed by atoms with van der Waals surface area (Å²) in [5.41, 5.74) is 2.37. The maximum atomic E-state index is 12.2. The van der Waals surface area contributed by atoms with Crippen molar-refractivity contribution in [3.8, 4) is 0 Å². The van der Waals surface area contributed by atoms with Crippen LogP contribution >= 0.6 is 0 Å². The van der Waals surface area contributed by atoms with E-state index in [1.807, 2.05) is 11.9 Å². The Hall–Kier alpha value is -1.31. The van der Waals surface area contributed by atoms with Gasteiger partial charge in [0, 0.05) is 18.7 Å². The second-order valence-corrected chi connectivity index (χ2v) is 5.44. The van der Waals surface area contributed by atoms with Gasteiger partial charge in [-0.2, -0.15) is 0 Å². The molecule has 17 heavy (non-hydrogen) atoms. The summed E-state index contributed by atoms with van der Waals surface area (Å²) in [7, 11) is 1.89. The van der Waals surface area contributed by atoms with Crippen LogP contribution in [0.4, 0.5) is 0 Å². The van der Waals surface area contributed by atoms with Gasteiger partial charge in [0.25, 0.3) is 0 Å². The lowest BCUT2D eigenvalue weighted by Gasteiger charge is -2.33. The van der Waals surface area contributed by atoms with Gasteiger partial charge in [0.15, 0.2) is 0 Å². The zero-order valence-electron chi connectivity index (χ0n) is 11.1. The Labute approximate surface area is 104 Å². The number of rotatable bonds is 1. The Morgan fingerprint density at radius 2 is 1.94 bits per heavy atom. The number of carbonyl (C=O) groups is 1. The highest BCUT2D eigenvalue weighted by Gasteiger charge is 2.32. The summed E-state index contributed by atoms with van der Waals surface area (Å²) in [5.74, 6) is 1.23. The molecule has 2 rings (SSSR count). The van der Waals surface area contributed by atoms with Gasteiger partial charge in [0.05, 0.1) is 0 Å². The van der Waals surface area contributed by atoms with E-state index in [4.69, 9.17) is 0 Å². The molecule has 1 amide bonds. The molecule has 0 spiro atoms. The number of hydrogen-bond acceptors (Lipinski definition) is 1. The Morgan fingerprint density at radius 3 is 2.59 bits per heavy atom. The minimum absolute atomic E-state index is 0.130. The van der Waals surface area contributed by atoms with Crippen LogP contribution < -0.4 is 0 Å². The number of amides is 1. The molecular formula is C15H21NO. The largest absolute Gasteiger partial charge is 0.315 e. The van der Waals surface area contributed by atoms with Crippen molar-refractivity contribution in [2.75, 3.05) is 7.05 Å². The summed E-state index contributed by atoms with van der Waals surface area (Å²) in [4.78, 5) is 14.1. The third-order valence-electron chi connectivity index (χ3n) is 3.74. The van der Waals surface area contributed by atoms with Crippen LogP contribution in [-0.2, 0) is 4.79 Å². The van der Waals surface area contributed by atoms with Crippen LogP contribution in [0.5, 0.6) is 0 Å². The fourth-order valence-corrected chi connectivity index (χ4v) is 2.48. The van der Waals surface area contributed by atoms with Crippen molar-refractivity contribution in [2.24, 2.45) is 17.8 Å². The molecule has 0 aromatic carbocycles. The second kappa shape index (κ2) is 4.52. The predicted molar refractivity (Wildman–Crippen MR) is 70.2 cm³/mol. The first-order valence-electron chi connectivity index (χ1n) is 6.38. The van der Waals surface area contributed by atoms with Crippen LogP contribution in [0.2, 0.25) is 0 Å². The first-order valence-corrected chi connectivity index (χ1v) is 6.38. The molecule has 92 valence electrons. The van der Waals surface area contributed by atoms with Gasteiger partial charge in [-0.05, 0) is 29.9 Å². The number of allylic oxidation sites excluding steroid dienone is 5. The van der Waals surface area contributed by atoms with E-state index in [1.165, 1.54) is 5.57 Å². The van der Waals surface area contributed by atoms with E-state index in [2.05, 4.69) is 45.1 Å². The minimum Gasteiger partial charge on any atom is -0.315 e. The van der Waals surface area contributed by atoms with Gasteiger partial charge in [-0.25, -0.2) is 0 Å². The first kappa shape index (κ1) is 12.2. The van der Waals surface area contributed by atoms with Crippen molar-refractivity contribution in [3.05, 3.63) is 35.6 Å². The van der Waals surface area contributed by atoms with Crippen LogP contribution in [0.25, 0.3) is 0 Å². The van der Waals surface area contributed by atoms with Gasteiger partial charge < -0.3 is 4.90 Å². The molecule has 1 aliphatic heterocycles. The van der Waals surface area contributed by atoms with E-state index in [0.717, 1.165) is 12.1 Å². The lowest BCUT2D eigenvalue weighted by molar-refractivity contribution is -0.134. The fourth-order valence-electron chi connectivity index (χ4n) is 2.48. The van der Waals surface area contributed by atoms with Gasteiger partial charge in [0.2, 0.25) is 5.91 Å². The predicted octanol–water partition coefficient (Wildman–Crippen LogP) is 3.14. The quantitative estimate of drug-likeness (QED) is 0.679. The van der Waals surface area contributed by atoms with Gasteiger partial charge in [0.1, 0.15) is 0 Å². The molecule has 2 atom stereocenters. The average Bonchev–Trinajstić information content (AvgIpc) is 2.46. The number of nitrogens with zero attached hydrogens (tertiary/aromatic N) is 1. The number of carbonyl (C=O) groups excluding carboxylic acids is 1. The maximum absolute atomic E-state index is 12.2. The molecule has 0 radical (unpaired) electrons. The van der Waals surface area contributed by atoms with Crippen molar-refractivity contribution in [3.63, 3.8) is 0 Å². The van der Waals surface area contributed by atoms with Gasteiger partial charge in [-0.15, -0.1) is 0 Å². The molecule has 0 aromatic heterocycles. The minimum atomic E-state index is 0.130. The lowest BCUT2D eigenvalue weighted by atomic mass is 9.84. The SMILES string of the molecule is CC1C=CC2=C(C=C1)N(C)C(=O)C(C(C)C)C2. The lowest BCUT2D eigenvalue weighted by Crippen LogP contribution is -2.38. The summed E-state index contributed by atoms with van der Waals surface area (Å²) in [5, 5.41) is 0. The maximum Gasteiger partial charge on any atom is 0.230 e. The molecule has 2 nitrogen and oxygen atoms in total. The summed E-state index contributed by atoms with van der Waals surface area (Å²) < 4.78 is 0. The molecule has 0 aromatic rings. The van der Waals surface area contributed by atoms with Crippen LogP contribution in [0.15, 0.2) is 35.6 Å². The van der Waals surface area contributed by atoms with E-state index in [1.54, 1.807) is 0 Å². The molecule has 2 unspecified atom stereocenters. The van der Waals surface area contributed by atoms with Crippen LogP contribution in [0.1, 0.15) is 27.2 Å². The monoisotopic (exact) mass is 231 g/mol. The van der Waals surface area contributed by atoms with Crippen LogP contribution in [0.3, 0.4) is 0 Å². The molecule has 2 aliphatic rings. The van der Waals surface area contributed by atoms with Crippen molar-refractivity contribution in [1.29, 1.82) is 0 Å². The van der Waals surface area contributed by atoms with Crippen molar-refractivity contribution < 1.29 is 4.79 Å². The summed E-state index contributed by atoms with van der Waals surface area (Å²) in [6.45, 7) is 6.41. The van der Waals surface area contributed by atoms with Gasteiger partial charge in [-0.1, -0.05) is 39.0 Å². The molecular weight excluding hydrogens is 210 g/mol. The third kappa shape index (κ3) is 2.21. The molecule has 2 heteroatoms. The Morgan fingerprint density at radius 1 is 1.29 bits per heavy atom. The fraction of sp³-hybridized carbons (Fsp3) is 0.533. The van der Waals surface area contributed by atoms with Gasteiger partial charge >= 0.3 is 0 Å². The van der Waals surface area contributed by atoms with E-state index in [-0.39, 0.29) is 11.8 Å². The molecule has 0 saturated carbocycles. The average molecular weight is 231 g/mol. The molecule has 1 heterocycles. The standard InChI is InChI=1S/C15H21NO/c1-10(2)13-9-12-7-5-11(3)6-8-14(12)16(4)15(13)17/h5-8,10-11,13H,9H2,1-4H3. The second-order valence-electron chi connectivity index (χ2n) is 5.44. The smallest absolute Gasteiger partial charge is 0.230 e. The van der Waals surface area contributed by atoms with Crippen molar-refractivity contribution >= 4 is 5.91 Å². The Bertz CT molecular complexity index is 415. The van der Waals surface area contributed by atoms with E-state index < -0.39 is 0 Å². The highest BCUT2D eigenvalue weighted by molar-refractivity contribution is 5.83. The van der Waals surface area contributed by atoms with E-state index in [9.17, 15) is 4.79 Å². The van der Waals surface area contributed by atoms with Crippen LogP contribution in [-0.4, -0.2) is 17.9 Å². The summed E-state index contributed by atoms with van der Waals surface area (Å²) in [6.07, 6.45) is 9.52. The number of likely N-dealkylation sites (N-methyl/N-ethyl adjacent to an activating group) is 1. The zero-order chi connectivity index (χ0) is 12.6. The molecule has 0 N–H and O–H groups in total. The normalized spacial score (nSPS) is 28.8. The van der Waals surface area contributed by atoms with Crippen molar-refractivity contribution in [2.45, 2.75) is 27.2 Å². The number of hydrogen-bond donors (Lipinski definition) is 0. The van der Waals surface area contributed by atoms with Crippen LogP contribution in [0, 0.1) is 17.8 Å². The van der Waals surface area contributed by atoms with Crippen molar-refractivity contribution in [1.82, 2.24) is 4.90 Å². The molecule has 0 bridgehead atoms. The highest BCUT2D eigenvalue weighted by atomic mass is 16.2. The first-order chi connectivity index (χ1) is 8.00. The summed E-state index contributed by atoms with van der Waals surface area (Å²) >= 11 is 0. The Kier molecular flexibility index (Phi) is 3.23.